The van der Waals surface area contributed by atoms with Crippen LogP contribution in [-0.4, -0.2) is 30.5 Å². The van der Waals surface area contributed by atoms with E-state index in [1.54, 1.807) is 24.6 Å². The van der Waals surface area contributed by atoms with E-state index in [0.717, 1.165) is 16.1 Å². The van der Waals surface area contributed by atoms with E-state index in [4.69, 9.17) is 4.74 Å². The zero-order valence-electron chi connectivity index (χ0n) is 15.5. The van der Waals surface area contributed by atoms with Crippen LogP contribution in [0.25, 0.3) is 10.6 Å². The minimum Gasteiger partial charge on any atom is -0.495 e. The molecule has 0 saturated heterocycles. The molecule has 0 aliphatic heterocycles. The fourth-order valence-electron chi connectivity index (χ4n) is 2.41. The van der Waals surface area contributed by atoms with Crippen LogP contribution in [-0.2, 0) is 4.79 Å². The normalized spacial score (nSPS) is 10.2. The Morgan fingerprint density at radius 3 is 2.57 bits per heavy atom. The second-order valence-corrected chi connectivity index (χ2v) is 6.82. The molecule has 2 aromatic carbocycles. The summed E-state index contributed by atoms with van der Waals surface area (Å²) in [6, 6.07) is 15.2. The van der Waals surface area contributed by atoms with Crippen LogP contribution in [0.1, 0.15) is 16.1 Å². The third kappa shape index (κ3) is 4.86. The molecule has 0 fully saturated rings. The highest BCUT2D eigenvalue weighted by Gasteiger charge is 2.13. The van der Waals surface area contributed by atoms with Crippen molar-refractivity contribution in [2.75, 3.05) is 19.0 Å². The van der Waals surface area contributed by atoms with Crippen molar-refractivity contribution in [1.29, 1.82) is 0 Å². The molecule has 0 bridgehead atoms. The van der Waals surface area contributed by atoms with Crippen LogP contribution in [0.5, 0.6) is 5.75 Å². The number of thiazole rings is 1. The number of anilines is 1. The Kier molecular flexibility index (Phi) is 6.23. The van der Waals surface area contributed by atoms with Gasteiger partial charge in [0.1, 0.15) is 16.5 Å². The van der Waals surface area contributed by atoms with Gasteiger partial charge in [-0.05, 0) is 19.1 Å². The van der Waals surface area contributed by atoms with Crippen LogP contribution in [0.2, 0.25) is 0 Å². The maximum atomic E-state index is 12.2. The molecule has 144 valence electrons. The number of methoxy groups -OCH3 is 1. The number of hydrogen-bond acceptors (Lipinski definition) is 6. The molecule has 0 saturated carbocycles. The number of benzene rings is 2. The molecule has 0 atom stereocenters. The van der Waals surface area contributed by atoms with Gasteiger partial charge in [0, 0.05) is 10.9 Å². The van der Waals surface area contributed by atoms with Gasteiger partial charge < -0.3 is 10.1 Å². The van der Waals surface area contributed by atoms with Crippen molar-refractivity contribution in [2.45, 2.75) is 6.92 Å². The van der Waals surface area contributed by atoms with E-state index in [1.807, 2.05) is 43.3 Å². The lowest BCUT2D eigenvalue weighted by Crippen LogP contribution is -2.44. The van der Waals surface area contributed by atoms with Gasteiger partial charge in [-0.3, -0.25) is 20.4 Å². The number of carbonyl (C=O) groups is 2. The molecule has 0 unspecified atom stereocenters. The molecular formula is C20H20N4O3S. The SMILES string of the molecule is COc1ccccc1NCC(=O)NNC(=O)c1csc(-c2ccc(C)cc2)n1. The average molecular weight is 396 g/mol. The number of hydrogen-bond donors (Lipinski definition) is 3. The minimum atomic E-state index is -0.472. The number of amides is 2. The van der Waals surface area contributed by atoms with Crippen molar-refractivity contribution in [3.8, 4) is 16.3 Å². The first-order valence-electron chi connectivity index (χ1n) is 8.55. The smallest absolute Gasteiger partial charge is 0.289 e. The maximum absolute atomic E-state index is 12.2. The van der Waals surface area contributed by atoms with Crippen molar-refractivity contribution >= 4 is 28.8 Å². The quantitative estimate of drug-likeness (QED) is 0.557. The monoisotopic (exact) mass is 396 g/mol. The second kappa shape index (κ2) is 9.01. The molecule has 0 spiro atoms. The van der Waals surface area contributed by atoms with Gasteiger partial charge in [0.25, 0.3) is 11.8 Å². The van der Waals surface area contributed by atoms with E-state index in [2.05, 4.69) is 21.2 Å². The minimum absolute atomic E-state index is 0.0215. The van der Waals surface area contributed by atoms with Crippen LogP contribution in [0.15, 0.2) is 53.9 Å². The lowest BCUT2D eigenvalue weighted by atomic mass is 10.2. The third-order valence-corrected chi connectivity index (χ3v) is 4.79. The molecule has 0 aliphatic rings. The van der Waals surface area contributed by atoms with E-state index in [0.29, 0.717) is 11.4 Å². The predicted molar refractivity (Wildman–Crippen MR) is 109 cm³/mol. The first-order valence-corrected chi connectivity index (χ1v) is 9.43. The van der Waals surface area contributed by atoms with Crippen molar-refractivity contribution in [3.63, 3.8) is 0 Å². The molecule has 0 radical (unpaired) electrons. The molecule has 1 heterocycles. The number of nitrogens with one attached hydrogen (secondary N) is 3. The topological polar surface area (TPSA) is 92.4 Å². The fourth-order valence-corrected chi connectivity index (χ4v) is 3.21. The van der Waals surface area contributed by atoms with Gasteiger partial charge in [-0.2, -0.15) is 0 Å². The Balaban J connectivity index is 1.51. The first kappa shape index (κ1) is 19.4. The molecule has 7 nitrogen and oxygen atoms in total. The predicted octanol–water partition coefficient (Wildman–Crippen LogP) is 3.00. The van der Waals surface area contributed by atoms with E-state index < -0.39 is 11.8 Å². The summed E-state index contributed by atoms with van der Waals surface area (Å²) in [4.78, 5) is 28.5. The van der Waals surface area contributed by atoms with E-state index in [-0.39, 0.29) is 12.2 Å². The van der Waals surface area contributed by atoms with Crippen molar-refractivity contribution < 1.29 is 14.3 Å². The van der Waals surface area contributed by atoms with E-state index in [1.165, 1.54) is 11.3 Å². The van der Waals surface area contributed by atoms with Crippen molar-refractivity contribution in [2.24, 2.45) is 0 Å². The Morgan fingerprint density at radius 1 is 1.07 bits per heavy atom. The van der Waals surface area contributed by atoms with Gasteiger partial charge in [-0.15, -0.1) is 11.3 Å². The summed E-state index contributed by atoms with van der Waals surface area (Å²) in [5.74, 6) is -0.237. The average Bonchev–Trinajstić information content (AvgIpc) is 3.21. The van der Waals surface area contributed by atoms with E-state index >= 15 is 0 Å². The lowest BCUT2D eigenvalue weighted by Gasteiger charge is -2.11. The Morgan fingerprint density at radius 2 is 1.82 bits per heavy atom. The lowest BCUT2D eigenvalue weighted by molar-refractivity contribution is -0.120. The number of aryl methyl sites for hydroxylation is 1. The van der Waals surface area contributed by atoms with Crippen molar-refractivity contribution in [1.82, 2.24) is 15.8 Å². The highest BCUT2D eigenvalue weighted by Crippen LogP contribution is 2.24. The Bertz CT molecular complexity index is 970. The van der Waals surface area contributed by atoms with Gasteiger partial charge >= 0.3 is 0 Å². The number of nitrogens with zero attached hydrogens (tertiary/aromatic N) is 1. The zero-order valence-corrected chi connectivity index (χ0v) is 16.3. The summed E-state index contributed by atoms with van der Waals surface area (Å²) >= 11 is 1.37. The molecule has 0 aliphatic carbocycles. The van der Waals surface area contributed by atoms with Gasteiger partial charge in [0.2, 0.25) is 0 Å². The summed E-state index contributed by atoms with van der Waals surface area (Å²) < 4.78 is 5.21. The number of rotatable bonds is 6. The van der Waals surface area contributed by atoms with Crippen LogP contribution < -0.4 is 20.9 Å². The van der Waals surface area contributed by atoms with Gasteiger partial charge in [-0.25, -0.2) is 4.98 Å². The van der Waals surface area contributed by atoms with Crippen LogP contribution in [0.4, 0.5) is 5.69 Å². The second-order valence-electron chi connectivity index (χ2n) is 5.96. The zero-order chi connectivity index (χ0) is 19.9. The standard InChI is InChI=1S/C20H20N4O3S/c1-13-7-9-14(10-8-13)20-22-16(12-28-20)19(26)24-23-18(25)11-21-15-5-3-4-6-17(15)27-2/h3-10,12,21H,11H2,1-2H3,(H,23,25)(H,24,26). The summed E-state index contributed by atoms with van der Waals surface area (Å²) in [5.41, 5.74) is 7.78. The molecular weight excluding hydrogens is 376 g/mol. The van der Waals surface area contributed by atoms with Crippen LogP contribution in [0, 0.1) is 6.92 Å². The Hall–Kier alpha value is -3.39. The summed E-state index contributed by atoms with van der Waals surface area (Å²) in [6.45, 7) is 1.99. The Labute approximate surface area is 166 Å². The molecule has 28 heavy (non-hydrogen) atoms. The van der Waals surface area contributed by atoms with Gasteiger partial charge in [0.15, 0.2) is 0 Å². The number of ether oxygens (including phenoxy) is 1. The third-order valence-electron chi connectivity index (χ3n) is 3.90. The molecule has 2 amide bonds. The van der Waals surface area contributed by atoms with Crippen molar-refractivity contribution in [3.05, 3.63) is 65.2 Å². The molecule has 1 aromatic heterocycles. The van der Waals surface area contributed by atoms with Crippen LogP contribution >= 0.6 is 11.3 Å². The molecule has 3 aromatic rings. The summed E-state index contributed by atoms with van der Waals surface area (Å²) in [6.07, 6.45) is 0. The van der Waals surface area contributed by atoms with Crippen LogP contribution in [0.3, 0.4) is 0 Å². The highest BCUT2D eigenvalue weighted by molar-refractivity contribution is 7.13. The molecule has 8 heteroatoms. The number of aromatic nitrogens is 1. The molecule has 3 N–H and O–H groups in total. The number of hydrazine groups is 1. The largest absolute Gasteiger partial charge is 0.495 e. The summed E-state index contributed by atoms with van der Waals surface area (Å²) in [7, 11) is 1.56. The molecule has 3 rings (SSSR count). The number of para-hydroxylation sites is 2. The summed E-state index contributed by atoms with van der Waals surface area (Å²) in [5, 5.41) is 5.36. The number of carbonyl (C=O) groups excluding carboxylic acids is 2. The van der Waals surface area contributed by atoms with Gasteiger partial charge in [0.05, 0.1) is 19.3 Å². The highest BCUT2D eigenvalue weighted by atomic mass is 32.1. The maximum Gasteiger partial charge on any atom is 0.289 e. The van der Waals surface area contributed by atoms with Gasteiger partial charge in [-0.1, -0.05) is 42.0 Å². The van der Waals surface area contributed by atoms with E-state index in [9.17, 15) is 9.59 Å². The first-order chi connectivity index (χ1) is 13.6. The fraction of sp³-hybridized carbons (Fsp3) is 0.150.